The van der Waals surface area contributed by atoms with Gasteiger partial charge in [0.05, 0.1) is 137 Å². The third kappa shape index (κ3) is 14.8. The number of hydrogen-bond donors (Lipinski definition) is 4. The number of hydroxylamine groups is 4. The molecular formula is C48H60Cl2N4O18. The van der Waals surface area contributed by atoms with Crippen LogP contribution in [0.4, 0.5) is 0 Å². The van der Waals surface area contributed by atoms with Crippen molar-refractivity contribution < 1.29 is 86.6 Å². The van der Waals surface area contributed by atoms with Crippen LogP contribution in [0.15, 0.2) is 93.6 Å². The first-order valence-corrected chi connectivity index (χ1v) is 23.3. The van der Waals surface area contributed by atoms with Gasteiger partial charge in [-0.1, -0.05) is 47.5 Å². The number of ether oxygens (including phenoxy) is 8. The Morgan fingerprint density at radius 3 is 1.25 bits per heavy atom. The maximum atomic E-state index is 14.1. The normalized spacial score (nSPS) is 17.0. The first-order chi connectivity index (χ1) is 34.5. The summed E-state index contributed by atoms with van der Waals surface area (Å²) in [6.07, 6.45) is -5.62. The molecule has 22 nitrogen and oxygen atoms in total. The SMILES string of the molecule is CCOC(=O)C1=C(COCCOCCN)N(OC(O)C(=O)C(=O)C(O)ON2C(C)=C(C(=O)OC)C(c3cccc(Cl)c3)C(C(=O)OCC)=C2COCCOCCN)C(C)=C(C(=O)OC)C1c1cccc(Cl)c1. The highest BCUT2D eigenvalue weighted by Gasteiger charge is 2.46. The van der Waals surface area contributed by atoms with E-state index in [1.54, 1.807) is 36.4 Å². The summed E-state index contributed by atoms with van der Waals surface area (Å²) in [5, 5.41) is 24.9. The minimum absolute atomic E-state index is 0.0507. The highest BCUT2D eigenvalue weighted by atomic mass is 35.5. The molecule has 2 aromatic carbocycles. The fraction of sp³-hybridized carbons (Fsp3) is 0.458. The molecule has 0 fully saturated rings. The number of carbonyl (C=O) groups is 6. The molecule has 72 heavy (non-hydrogen) atoms. The number of hydrogen-bond acceptors (Lipinski definition) is 22. The van der Waals surface area contributed by atoms with Crippen molar-refractivity contribution in [2.24, 2.45) is 11.5 Å². The van der Waals surface area contributed by atoms with Crippen LogP contribution in [0.5, 0.6) is 0 Å². The zero-order valence-corrected chi connectivity index (χ0v) is 42.2. The minimum Gasteiger partial charge on any atom is -0.466 e. The first-order valence-electron chi connectivity index (χ1n) is 22.5. The highest BCUT2D eigenvalue weighted by molar-refractivity contribution is 6.39. The van der Waals surface area contributed by atoms with E-state index in [4.69, 9.17) is 82.2 Å². The lowest BCUT2D eigenvalue weighted by Crippen LogP contribution is -2.46. The molecular weight excluding hydrogens is 991 g/mol. The Morgan fingerprint density at radius 2 is 0.931 bits per heavy atom. The molecule has 2 aliphatic rings. The average molecular weight is 1050 g/mol. The van der Waals surface area contributed by atoms with E-state index in [0.29, 0.717) is 11.1 Å². The van der Waals surface area contributed by atoms with E-state index in [0.717, 1.165) is 24.3 Å². The molecule has 6 N–H and O–H groups in total. The van der Waals surface area contributed by atoms with Crippen molar-refractivity contribution >= 4 is 58.6 Å². The molecule has 4 unspecified atom stereocenters. The molecule has 0 amide bonds. The number of ketones is 2. The minimum atomic E-state index is -2.81. The van der Waals surface area contributed by atoms with Crippen molar-refractivity contribution in [3.63, 3.8) is 0 Å². The monoisotopic (exact) mass is 1050 g/mol. The lowest BCUT2D eigenvalue weighted by molar-refractivity contribution is -0.242. The van der Waals surface area contributed by atoms with Gasteiger partial charge in [-0.05, 0) is 63.1 Å². The predicted octanol–water partition coefficient (Wildman–Crippen LogP) is 2.64. The number of carbonyl (C=O) groups excluding carboxylic acids is 6. The fourth-order valence-electron chi connectivity index (χ4n) is 7.60. The van der Waals surface area contributed by atoms with Gasteiger partial charge in [-0.25, -0.2) is 39.0 Å². The standard InChI is InChI=1S/C48H60Cl2N4O18/c1-7-69-45(59)39-33(25-67-21-19-65-17-15-51)53(27(3)35(43(57)63-5)37(39)29-11-9-13-31(49)23-29)71-47(61)41(55)42(56)48(62)72-54-28(4)36(44(58)64-6)38(30-12-10-14-32(50)24-30)40(46(60)70-8-2)34(54)26-68-22-20-66-18-16-52/h9-14,23-24,37-38,47-48,61-62H,7-8,15-22,25-26,51-52H2,1-6H3. The number of rotatable bonds is 29. The number of aliphatic hydroxyl groups excluding tert-OH is 2. The summed E-state index contributed by atoms with van der Waals surface area (Å²) < 4.78 is 43.7. The lowest BCUT2D eigenvalue weighted by Gasteiger charge is -2.38. The van der Waals surface area contributed by atoms with Gasteiger partial charge in [0.2, 0.25) is 12.6 Å². The van der Waals surface area contributed by atoms with Crippen molar-refractivity contribution in [3.8, 4) is 0 Å². The number of nitrogens with two attached hydrogens (primary N) is 2. The van der Waals surface area contributed by atoms with Crippen molar-refractivity contribution in [3.05, 3.63) is 115 Å². The molecule has 2 aromatic rings. The number of allylic oxidation sites excluding steroid dienone is 2. The van der Waals surface area contributed by atoms with E-state index < -0.39 is 73.1 Å². The van der Waals surface area contributed by atoms with E-state index in [2.05, 4.69) is 0 Å². The first kappa shape index (κ1) is 59.0. The maximum Gasteiger partial charge on any atom is 0.336 e. The molecule has 24 heteroatoms. The second kappa shape index (κ2) is 29.2. The average Bonchev–Trinajstić information content (AvgIpc) is 3.36. The summed E-state index contributed by atoms with van der Waals surface area (Å²) in [6.45, 7) is 5.28. The Bertz CT molecular complexity index is 2240. The number of benzene rings is 2. The van der Waals surface area contributed by atoms with Gasteiger partial charge >= 0.3 is 23.9 Å². The van der Waals surface area contributed by atoms with Crippen LogP contribution in [0.2, 0.25) is 10.0 Å². The molecule has 0 aromatic heterocycles. The van der Waals surface area contributed by atoms with Crippen LogP contribution in [0.25, 0.3) is 0 Å². The molecule has 0 spiro atoms. The van der Waals surface area contributed by atoms with Gasteiger partial charge in [-0.2, -0.15) is 0 Å². The van der Waals surface area contributed by atoms with Crippen molar-refractivity contribution in [2.45, 2.75) is 52.1 Å². The molecule has 0 saturated heterocycles. The number of Topliss-reactive ketones (excluding diaryl/α,β-unsaturated/α-hetero) is 2. The van der Waals surface area contributed by atoms with Gasteiger partial charge in [-0.15, -0.1) is 0 Å². The van der Waals surface area contributed by atoms with Crippen molar-refractivity contribution in [1.82, 2.24) is 10.1 Å². The van der Waals surface area contributed by atoms with Gasteiger partial charge < -0.3 is 59.6 Å². The molecule has 0 saturated carbocycles. The third-order valence-corrected chi connectivity index (χ3v) is 11.1. The van der Waals surface area contributed by atoms with Crippen LogP contribution < -0.4 is 11.5 Å². The van der Waals surface area contributed by atoms with Crippen LogP contribution in [0.3, 0.4) is 0 Å². The third-order valence-electron chi connectivity index (χ3n) is 10.7. The number of halogens is 2. The largest absolute Gasteiger partial charge is 0.466 e. The van der Waals surface area contributed by atoms with Crippen LogP contribution in [0.1, 0.15) is 50.7 Å². The lowest BCUT2D eigenvalue weighted by atomic mass is 9.80. The Hall–Kier alpha value is -5.60. The van der Waals surface area contributed by atoms with E-state index in [1.165, 1.54) is 39.8 Å². The van der Waals surface area contributed by atoms with Crippen LogP contribution in [-0.4, -0.2) is 162 Å². The summed E-state index contributed by atoms with van der Waals surface area (Å²) in [4.78, 5) is 94.9. The number of esters is 4. The Kier molecular flexibility index (Phi) is 23.9. The molecule has 4 atom stereocenters. The summed E-state index contributed by atoms with van der Waals surface area (Å²) in [7, 11) is 2.17. The van der Waals surface area contributed by atoms with Crippen LogP contribution in [0, 0.1) is 0 Å². The zero-order chi connectivity index (χ0) is 53.1. The van der Waals surface area contributed by atoms with Gasteiger partial charge in [0.25, 0.3) is 11.6 Å². The second-order valence-corrected chi connectivity index (χ2v) is 16.1. The van der Waals surface area contributed by atoms with E-state index in [9.17, 15) is 39.0 Å². The summed E-state index contributed by atoms with van der Waals surface area (Å²) in [5.74, 6) is -10.1. The van der Waals surface area contributed by atoms with Gasteiger partial charge in [0.1, 0.15) is 0 Å². The van der Waals surface area contributed by atoms with Crippen LogP contribution >= 0.6 is 23.2 Å². The van der Waals surface area contributed by atoms with E-state index >= 15 is 0 Å². The van der Waals surface area contributed by atoms with E-state index in [1.807, 2.05) is 0 Å². The molecule has 2 heterocycles. The van der Waals surface area contributed by atoms with Crippen molar-refractivity contribution in [2.75, 3.05) is 93.4 Å². The van der Waals surface area contributed by atoms with Gasteiger partial charge in [0.15, 0.2) is 0 Å². The summed E-state index contributed by atoms with van der Waals surface area (Å²) in [5.41, 5.74) is 10.00. The molecule has 0 radical (unpaired) electrons. The molecule has 4 rings (SSSR count). The maximum absolute atomic E-state index is 14.1. The summed E-state index contributed by atoms with van der Waals surface area (Å²) >= 11 is 12.8. The highest BCUT2D eigenvalue weighted by Crippen LogP contribution is 2.46. The second-order valence-electron chi connectivity index (χ2n) is 15.3. The zero-order valence-electron chi connectivity index (χ0n) is 40.6. The Balaban J connectivity index is 1.82. The number of aliphatic hydroxyl groups is 2. The molecule has 394 valence electrons. The van der Waals surface area contributed by atoms with E-state index in [-0.39, 0.29) is 121 Å². The molecule has 2 aliphatic heterocycles. The Labute approximate surface area is 425 Å². The predicted molar refractivity (Wildman–Crippen MR) is 254 cm³/mol. The summed E-state index contributed by atoms with van der Waals surface area (Å²) in [6, 6.07) is 12.5. The number of nitrogens with zero attached hydrogens (tertiary/aromatic N) is 2. The van der Waals surface area contributed by atoms with Crippen LogP contribution in [-0.2, 0) is 76.3 Å². The Morgan fingerprint density at radius 1 is 0.569 bits per heavy atom. The van der Waals surface area contributed by atoms with Gasteiger partial charge in [-0.3, -0.25) is 9.59 Å². The van der Waals surface area contributed by atoms with Gasteiger partial charge in [0, 0.05) is 23.1 Å². The molecule has 0 bridgehead atoms. The van der Waals surface area contributed by atoms with Crippen molar-refractivity contribution in [1.29, 1.82) is 0 Å². The smallest absolute Gasteiger partial charge is 0.336 e. The quantitative estimate of drug-likeness (QED) is 0.0299. The fourth-order valence-corrected chi connectivity index (χ4v) is 8.00. The molecule has 0 aliphatic carbocycles. The topological polar surface area (TPSA) is 294 Å². The number of methoxy groups -OCH3 is 2.